The third-order valence-corrected chi connectivity index (χ3v) is 6.01. The van der Waals surface area contributed by atoms with Crippen molar-refractivity contribution in [1.82, 2.24) is 19.4 Å². The highest BCUT2D eigenvalue weighted by Gasteiger charge is 2.42. The van der Waals surface area contributed by atoms with E-state index >= 15 is 0 Å². The lowest BCUT2D eigenvalue weighted by molar-refractivity contribution is 0.0782. The Morgan fingerprint density at radius 3 is 2.46 bits per heavy atom. The van der Waals surface area contributed by atoms with Gasteiger partial charge in [-0.2, -0.15) is 0 Å². The Labute approximate surface area is 163 Å². The number of aryl methyl sites for hydroxylation is 1. The van der Waals surface area contributed by atoms with E-state index in [1.807, 2.05) is 17.0 Å². The SMILES string of the molecule is COc1ccc(C(=O)N2CC3CN(c4nc5ccccc5n4C)CC3C2)cn1. The molecule has 28 heavy (non-hydrogen) atoms. The summed E-state index contributed by atoms with van der Waals surface area (Å²) in [7, 11) is 3.65. The van der Waals surface area contributed by atoms with Gasteiger partial charge in [-0.25, -0.2) is 9.97 Å². The van der Waals surface area contributed by atoms with Crippen LogP contribution in [0.5, 0.6) is 5.88 Å². The molecule has 1 amide bonds. The van der Waals surface area contributed by atoms with E-state index in [4.69, 9.17) is 9.72 Å². The van der Waals surface area contributed by atoms with Gasteiger partial charge in [-0.05, 0) is 18.2 Å². The van der Waals surface area contributed by atoms with Gasteiger partial charge in [0.1, 0.15) is 0 Å². The molecule has 2 aromatic heterocycles. The Bertz CT molecular complexity index is 1010. The summed E-state index contributed by atoms with van der Waals surface area (Å²) >= 11 is 0. The molecule has 2 saturated heterocycles. The summed E-state index contributed by atoms with van der Waals surface area (Å²) in [6.45, 7) is 3.45. The number of benzene rings is 1. The first-order valence-corrected chi connectivity index (χ1v) is 9.60. The summed E-state index contributed by atoms with van der Waals surface area (Å²) < 4.78 is 7.24. The lowest BCUT2D eigenvalue weighted by atomic mass is 10.0. The number of likely N-dealkylation sites (tertiary alicyclic amines) is 1. The van der Waals surface area contributed by atoms with E-state index in [0.29, 0.717) is 23.3 Å². The lowest BCUT2D eigenvalue weighted by Gasteiger charge is -2.22. The van der Waals surface area contributed by atoms with Crippen molar-refractivity contribution in [3.8, 4) is 5.88 Å². The number of pyridine rings is 1. The van der Waals surface area contributed by atoms with E-state index in [-0.39, 0.29) is 5.91 Å². The number of anilines is 1. The second kappa shape index (κ2) is 6.51. The Morgan fingerprint density at radius 2 is 1.82 bits per heavy atom. The summed E-state index contributed by atoms with van der Waals surface area (Å²) in [6, 6.07) is 11.7. The standard InChI is InChI=1S/C21H23N5O2/c1-24-18-6-4-3-5-17(18)23-21(24)26-12-15-10-25(11-16(15)13-26)20(27)14-7-8-19(28-2)22-9-14/h3-9,15-16H,10-13H2,1-2H3. The Morgan fingerprint density at radius 1 is 1.07 bits per heavy atom. The van der Waals surface area contributed by atoms with Crippen LogP contribution in [0.2, 0.25) is 0 Å². The topological polar surface area (TPSA) is 63.5 Å². The van der Waals surface area contributed by atoms with Crippen LogP contribution in [0.25, 0.3) is 11.0 Å². The van der Waals surface area contributed by atoms with Crippen molar-refractivity contribution in [2.24, 2.45) is 18.9 Å². The maximum atomic E-state index is 12.8. The largest absolute Gasteiger partial charge is 0.481 e. The van der Waals surface area contributed by atoms with Crippen LogP contribution in [0.15, 0.2) is 42.6 Å². The van der Waals surface area contributed by atoms with Crippen LogP contribution in [0.4, 0.5) is 5.95 Å². The number of fused-ring (bicyclic) bond motifs is 2. The molecule has 4 heterocycles. The average molecular weight is 377 g/mol. The molecule has 0 radical (unpaired) electrons. The molecular formula is C21H23N5O2. The molecule has 2 fully saturated rings. The van der Waals surface area contributed by atoms with Crippen molar-refractivity contribution < 1.29 is 9.53 Å². The highest BCUT2D eigenvalue weighted by Crippen LogP contribution is 2.35. The molecule has 2 aliphatic rings. The zero-order chi connectivity index (χ0) is 19.3. The first-order chi connectivity index (χ1) is 13.6. The lowest BCUT2D eigenvalue weighted by Crippen LogP contribution is -2.34. The van der Waals surface area contributed by atoms with Gasteiger partial charge in [0.05, 0.1) is 23.7 Å². The summed E-state index contributed by atoms with van der Waals surface area (Å²) in [5.41, 5.74) is 2.80. The van der Waals surface area contributed by atoms with Gasteiger partial charge in [0.15, 0.2) is 0 Å². The van der Waals surface area contributed by atoms with Gasteiger partial charge in [-0.1, -0.05) is 12.1 Å². The summed E-state index contributed by atoms with van der Waals surface area (Å²) in [6.07, 6.45) is 1.60. The van der Waals surface area contributed by atoms with E-state index in [1.165, 1.54) is 0 Å². The summed E-state index contributed by atoms with van der Waals surface area (Å²) in [4.78, 5) is 26.1. The molecule has 7 nitrogen and oxygen atoms in total. The van der Waals surface area contributed by atoms with Gasteiger partial charge in [0.2, 0.25) is 11.8 Å². The smallest absolute Gasteiger partial charge is 0.255 e. The molecule has 1 aromatic carbocycles. The molecule has 0 N–H and O–H groups in total. The number of carbonyl (C=O) groups is 1. The molecule has 0 aliphatic carbocycles. The predicted octanol–water partition coefficient (Wildman–Crippen LogP) is 2.19. The predicted molar refractivity (Wildman–Crippen MR) is 107 cm³/mol. The number of ether oxygens (including phenoxy) is 1. The number of hydrogen-bond acceptors (Lipinski definition) is 5. The average Bonchev–Trinajstić information content (AvgIpc) is 3.39. The van der Waals surface area contributed by atoms with Crippen molar-refractivity contribution in [1.29, 1.82) is 0 Å². The quantitative estimate of drug-likeness (QED) is 0.700. The molecule has 3 aromatic rings. The van der Waals surface area contributed by atoms with Crippen LogP contribution < -0.4 is 9.64 Å². The van der Waals surface area contributed by atoms with Gasteiger partial charge in [0.25, 0.3) is 5.91 Å². The zero-order valence-electron chi connectivity index (χ0n) is 16.1. The third-order valence-electron chi connectivity index (χ3n) is 6.01. The number of nitrogens with zero attached hydrogens (tertiary/aromatic N) is 5. The van der Waals surface area contributed by atoms with Crippen molar-refractivity contribution in [2.75, 3.05) is 38.2 Å². The van der Waals surface area contributed by atoms with Crippen LogP contribution in [-0.4, -0.2) is 58.6 Å². The number of amides is 1. The van der Waals surface area contributed by atoms with Crippen LogP contribution in [0.1, 0.15) is 10.4 Å². The highest BCUT2D eigenvalue weighted by atomic mass is 16.5. The normalized spacial score (nSPS) is 21.4. The number of rotatable bonds is 3. The van der Waals surface area contributed by atoms with Gasteiger partial charge in [-0.3, -0.25) is 4.79 Å². The number of carbonyl (C=O) groups excluding carboxylic acids is 1. The van der Waals surface area contributed by atoms with Crippen LogP contribution in [0.3, 0.4) is 0 Å². The molecule has 2 atom stereocenters. The minimum atomic E-state index is 0.0545. The molecule has 0 spiro atoms. The summed E-state index contributed by atoms with van der Waals surface area (Å²) in [5.74, 6) is 2.56. The molecular weight excluding hydrogens is 354 g/mol. The van der Waals surface area contributed by atoms with Gasteiger partial charge in [-0.15, -0.1) is 0 Å². The number of hydrogen-bond donors (Lipinski definition) is 0. The highest BCUT2D eigenvalue weighted by molar-refractivity contribution is 5.94. The molecule has 5 rings (SSSR count). The van der Waals surface area contributed by atoms with Crippen molar-refractivity contribution >= 4 is 22.9 Å². The fraction of sp³-hybridized carbons (Fsp3) is 0.381. The minimum Gasteiger partial charge on any atom is -0.481 e. The number of aromatic nitrogens is 3. The van der Waals surface area contributed by atoms with E-state index in [0.717, 1.165) is 43.2 Å². The fourth-order valence-corrected chi connectivity index (χ4v) is 4.55. The fourth-order valence-electron chi connectivity index (χ4n) is 4.55. The van der Waals surface area contributed by atoms with E-state index in [1.54, 1.807) is 25.4 Å². The number of methoxy groups -OCH3 is 1. The molecule has 144 valence electrons. The van der Waals surface area contributed by atoms with Gasteiger partial charge < -0.3 is 19.1 Å². The Kier molecular flexibility index (Phi) is 3.96. The van der Waals surface area contributed by atoms with Gasteiger partial charge in [0, 0.05) is 57.3 Å². The van der Waals surface area contributed by atoms with Crippen molar-refractivity contribution in [3.05, 3.63) is 48.2 Å². The molecule has 7 heteroatoms. The zero-order valence-corrected chi connectivity index (χ0v) is 16.1. The van der Waals surface area contributed by atoms with E-state index in [2.05, 4.69) is 33.6 Å². The molecule has 0 bridgehead atoms. The van der Waals surface area contributed by atoms with Crippen LogP contribution >= 0.6 is 0 Å². The van der Waals surface area contributed by atoms with Crippen molar-refractivity contribution in [2.45, 2.75) is 0 Å². The van der Waals surface area contributed by atoms with Crippen LogP contribution in [0, 0.1) is 11.8 Å². The maximum absolute atomic E-state index is 12.8. The third kappa shape index (κ3) is 2.69. The van der Waals surface area contributed by atoms with Crippen LogP contribution in [-0.2, 0) is 7.05 Å². The van der Waals surface area contributed by atoms with E-state index in [9.17, 15) is 4.79 Å². The molecule has 2 unspecified atom stereocenters. The summed E-state index contributed by atoms with van der Waals surface area (Å²) in [5, 5.41) is 0. The number of para-hydroxylation sites is 2. The number of imidazole rings is 1. The Hall–Kier alpha value is -3.09. The minimum absolute atomic E-state index is 0.0545. The second-order valence-electron chi connectivity index (χ2n) is 7.68. The maximum Gasteiger partial charge on any atom is 0.255 e. The molecule has 0 saturated carbocycles. The first kappa shape index (κ1) is 17.0. The van der Waals surface area contributed by atoms with E-state index < -0.39 is 0 Å². The first-order valence-electron chi connectivity index (χ1n) is 9.60. The second-order valence-corrected chi connectivity index (χ2v) is 7.68. The van der Waals surface area contributed by atoms with Crippen molar-refractivity contribution in [3.63, 3.8) is 0 Å². The van der Waals surface area contributed by atoms with Gasteiger partial charge >= 0.3 is 0 Å². The Balaban J connectivity index is 1.29. The molecule has 2 aliphatic heterocycles. The monoisotopic (exact) mass is 377 g/mol.